The Bertz CT molecular complexity index is 775. The molecule has 0 unspecified atom stereocenters. The third kappa shape index (κ3) is 4.27. The first-order valence-corrected chi connectivity index (χ1v) is 8.92. The van der Waals surface area contributed by atoms with Crippen LogP contribution in [0.2, 0.25) is 0 Å². The van der Waals surface area contributed by atoms with Crippen molar-refractivity contribution in [3.05, 3.63) is 86.8 Å². The van der Waals surface area contributed by atoms with E-state index in [1.54, 1.807) is 17.5 Å². The van der Waals surface area contributed by atoms with Crippen molar-refractivity contribution in [2.45, 2.75) is 13.1 Å². The lowest BCUT2D eigenvalue weighted by atomic mass is 10.1. The molecule has 0 aliphatic heterocycles. The molecular weight excluding hydrogens is 372 g/mol. The van der Waals surface area contributed by atoms with E-state index in [-0.39, 0.29) is 5.91 Å². The molecule has 3 aromatic rings. The standard InChI is InChI=1S/C18H15BrN2OS/c19-16-5-3-4-15(10-16)18(22)21(11-14-7-9-23-13-14)12-17-6-1-2-8-20-17/h1-10,13H,11-12H2. The highest BCUT2D eigenvalue weighted by Gasteiger charge is 2.17. The Morgan fingerprint density at radius 1 is 1.13 bits per heavy atom. The summed E-state index contributed by atoms with van der Waals surface area (Å²) in [5, 5.41) is 4.09. The monoisotopic (exact) mass is 386 g/mol. The van der Waals surface area contributed by atoms with Gasteiger partial charge in [-0.25, -0.2) is 0 Å². The van der Waals surface area contributed by atoms with Gasteiger partial charge in [-0.2, -0.15) is 11.3 Å². The van der Waals surface area contributed by atoms with Gasteiger partial charge in [0.1, 0.15) is 0 Å². The van der Waals surface area contributed by atoms with Crippen LogP contribution in [0.25, 0.3) is 0 Å². The fraction of sp³-hybridized carbons (Fsp3) is 0.111. The molecule has 0 saturated carbocycles. The first-order chi connectivity index (χ1) is 11.2. The predicted octanol–water partition coefficient (Wildman–Crippen LogP) is 4.75. The molecule has 116 valence electrons. The molecule has 0 aliphatic rings. The number of carbonyl (C=O) groups excluding carboxylic acids is 1. The first-order valence-electron chi connectivity index (χ1n) is 7.18. The van der Waals surface area contributed by atoms with Crippen molar-refractivity contribution in [2.75, 3.05) is 0 Å². The van der Waals surface area contributed by atoms with Gasteiger partial charge in [0.05, 0.1) is 12.2 Å². The lowest BCUT2D eigenvalue weighted by Crippen LogP contribution is -2.30. The molecule has 2 heterocycles. The Morgan fingerprint density at radius 2 is 2.04 bits per heavy atom. The molecule has 23 heavy (non-hydrogen) atoms. The number of aromatic nitrogens is 1. The second-order valence-corrected chi connectivity index (χ2v) is 6.82. The van der Waals surface area contributed by atoms with Gasteiger partial charge in [-0.05, 0) is 52.7 Å². The van der Waals surface area contributed by atoms with Crippen molar-refractivity contribution in [3.8, 4) is 0 Å². The number of halogens is 1. The van der Waals surface area contributed by atoms with Crippen LogP contribution in [0.1, 0.15) is 21.6 Å². The van der Waals surface area contributed by atoms with Crippen LogP contribution in [0, 0.1) is 0 Å². The number of pyridine rings is 1. The summed E-state index contributed by atoms with van der Waals surface area (Å²) in [6.45, 7) is 1.06. The first kappa shape index (κ1) is 15.9. The summed E-state index contributed by atoms with van der Waals surface area (Å²) >= 11 is 5.06. The van der Waals surface area contributed by atoms with Crippen LogP contribution in [0.15, 0.2) is 70.0 Å². The smallest absolute Gasteiger partial charge is 0.254 e. The molecule has 2 aromatic heterocycles. The fourth-order valence-corrected chi connectivity index (χ4v) is 3.35. The molecule has 0 saturated heterocycles. The zero-order chi connectivity index (χ0) is 16.1. The largest absolute Gasteiger partial charge is 0.328 e. The zero-order valence-corrected chi connectivity index (χ0v) is 14.8. The molecule has 0 atom stereocenters. The predicted molar refractivity (Wildman–Crippen MR) is 96.3 cm³/mol. The molecule has 5 heteroatoms. The second kappa shape index (κ2) is 7.53. The normalized spacial score (nSPS) is 10.5. The zero-order valence-electron chi connectivity index (χ0n) is 12.4. The van der Waals surface area contributed by atoms with Gasteiger partial charge in [-0.1, -0.05) is 28.1 Å². The van der Waals surface area contributed by atoms with Gasteiger partial charge in [-0.15, -0.1) is 0 Å². The molecular formula is C18H15BrN2OS. The number of nitrogens with zero attached hydrogens (tertiary/aromatic N) is 2. The Morgan fingerprint density at radius 3 is 2.74 bits per heavy atom. The molecule has 1 amide bonds. The average molecular weight is 387 g/mol. The topological polar surface area (TPSA) is 33.2 Å². The third-order valence-corrected chi connectivity index (χ3v) is 4.62. The Hall–Kier alpha value is -1.98. The second-order valence-electron chi connectivity index (χ2n) is 5.12. The van der Waals surface area contributed by atoms with Gasteiger partial charge in [-0.3, -0.25) is 9.78 Å². The number of hydrogen-bond acceptors (Lipinski definition) is 3. The van der Waals surface area contributed by atoms with Crippen molar-refractivity contribution in [2.24, 2.45) is 0 Å². The SMILES string of the molecule is O=C(c1cccc(Br)c1)N(Cc1ccsc1)Cc1ccccn1. The Balaban J connectivity index is 1.86. The van der Waals surface area contributed by atoms with Crippen LogP contribution < -0.4 is 0 Å². The number of rotatable bonds is 5. The maximum atomic E-state index is 12.9. The summed E-state index contributed by atoms with van der Waals surface area (Å²) in [4.78, 5) is 19.1. The molecule has 3 nitrogen and oxygen atoms in total. The molecule has 0 N–H and O–H groups in total. The maximum absolute atomic E-state index is 12.9. The Kier molecular flexibility index (Phi) is 5.20. The Labute approximate surface area is 147 Å². The molecule has 0 bridgehead atoms. The van der Waals surface area contributed by atoms with Gasteiger partial charge in [0.2, 0.25) is 0 Å². The number of hydrogen-bond donors (Lipinski definition) is 0. The highest BCUT2D eigenvalue weighted by Crippen LogP contribution is 2.18. The molecule has 0 radical (unpaired) electrons. The van der Waals surface area contributed by atoms with Gasteiger partial charge in [0.15, 0.2) is 0 Å². The van der Waals surface area contributed by atoms with E-state index < -0.39 is 0 Å². The van der Waals surface area contributed by atoms with E-state index in [9.17, 15) is 4.79 Å². The number of amides is 1. The van der Waals surface area contributed by atoms with E-state index in [1.165, 1.54) is 0 Å². The number of thiophene rings is 1. The van der Waals surface area contributed by atoms with E-state index in [4.69, 9.17) is 0 Å². The number of benzene rings is 1. The van der Waals surface area contributed by atoms with Gasteiger partial charge < -0.3 is 4.90 Å². The van der Waals surface area contributed by atoms with Crippen molar-refractivity contribution >= 4 is 33.2 Å². The van der Waals surface area contributed by atoms with Gasteiger partial charge in [0.25, 0.3) is 5.91 Å². The van der Waals surface area contributed by atoms with Gasteiger partial charge >= 0.3 is 0 Å². The van der Waals surface area contributed by atoms with E-state index in [1.807, 2.05) is 58.8 Å². The van der Waals surface area contributed by atoms with E-state index in [2.05, 4.69) is 26.3 Å². The molecule has 1 aromatic carbocycles. The number of carbonyl (C=O) groups is 1. The summed E-state index contributed by atoms with van der Waals surface area (Å²) in [6.07, 6.45) is 1.75. The highest BCUT2D eigenvalue weighted by molar-refractivity contribution is 9.10. The molecule has 0 fully saturated rings. The van der Waals surface area contributed by atoms with Crippen LogP contribution >= 0.6 is 27.3 Å². The minimum Gasteiger partial charge on any atom is -0.328 e. The summed E-state index contributed by atoms with van der Waals surface area (Å²) in [5.74, 6) is 0.00292. The summed E-state index contributed by atoms with van der Waals surface area (Å²) in [5.41, 5.74) is 2.69. The maximum Gasteiger partial charge on any atom is 0.254 e. The molecule has 0 spiro atoms. The summed E-state index contributed by atoms with van der Waals surface area (Å²) < 4.78 is 0.900. The van der Waals surface area contributed by atoms with Crippen molar-refractivity contribution in [1.82, 2.24) is 9.88 Å². The van der Waals surface area contributed by atoms with Crippen molar-refractivity contribution < 1.29 is 4.79 Å². The quantitative estimate of drug-likeness (QED) is 0.633. The summed E-state index contributed by atoms with van der Waals surface area (Å²) in [6, 6.07) is 15.3. The minimum absolute atomic E-state index is 0.00292. The lowest BCUT2D eigenvalue weighted by molar-refractivity contribution is 0.0728. The minimum atomic E-state index is 0.00292. The third-order valence-electron chi connectivity index (χ3n) is 3.39. The van der Waals surface area contributed by atoms with Crippen LogP contribution in [0.4, 0.5) is 0 Å². The lowest BCUT2D eigenvalue weighted by Gasteiger charge is -2.22. The van der Waals surface area contributed by atoms with Crippen molar-refractivity contribution in [1.29, 1.82) is 0 Å². The van der Waals surface area contributed by atoms with E-state index in [0.717, 1.165) is 15.7 Å². The van der Waals surface area contributed by atoms with E-state index in [0.29, 0.717) is 18.7 Å². The fourth-order valence-electron chi connectivity index (χ4n) is 2.29. The summed E-state index contributed by atoms with van der Waals surface area (Å²) in [7, 11) is 0. The molecule has 0 aliphatic carbocycles. The average Bonchev–Trinajstić information content (AvgIpc) is 3.08. The van der Waals surface area contributed by atoms with Gasteiger partial charge in [0, 0.05) is 22.8 Å². The van der Waals surface area contributed by atoms with E-state index >= 15 is 0 Å². The van der Waals surface area contributed by atoms with Crippen LogP contribution in [0.3, 0.4) is 0 Å². The van der Waals surface area contributed by atoms with Crippen LogP contribution in [0.5, 0.6) is 0 Å². The highest BCUT2D eigenvalue weighted by atomic mass is 79.9. The van der Waals surface area contributed by atoms with Crippen molar-refractivity contribution in [3.63, 3.8) is 0 Å². The van der Waals surface area contributed by atoms with Crippen LogP contribution in [-0.2, 0) is 13.1 Å². The van der Waals surface area contributed by atoms with Crippen LogP contribution in [-0.4, -0.2) is 15.8 Å². The molecule has 3 rings (SSSR count).